The van der Waals surface area contributed by atoms with Crippen LogP contribution < -0.4 is 16.0 Å². The number of rotatable bonds is 4. The van der Waals surface area contributed by atoms with Gasteiger partial charge in [-0.2, -0.15) is 4.37 Å². The smallest absolute Gasteiger partial charge is 0.257 e. The molecule has 2 rings (SSSR count). The predicted octanol–water partition coefficient (Wildman–Crippen LogP) is 1.49. The summed E-state index contributed by atoms with van der Waals surface area (Å²) in [6, 6.07) is 0. The Hall–Kier alpha value is -1.67. The van der Waals surface area contributed by atoms with Gasteiger partial charge < -0.3 is 16.0 Å². The molecule has 0 bridgehead atoms. The molecule has 2 aromatic heterocycles. The number of nitrogens with one attached hydrogen (secondary N) is 1. The van der Waals surface area contributed by atoms with Crippen molar-refractivity contribution in [2.45, 2.75) is 13.5 Å². The number of nitrogen functional groups attached to an aromatic ring is 1. The molecular formula is C11H15N5OS2. The lowest BCUT2D eigenvalue weighted by atomic mass is 10.2. The summed E-state index contributed by atoms with van der Waals surface area (Å²) in [6.07, 6.45) is 0. The van der Waals surface area contributed by atoms with Crippen molar-refractivity contribution in [3.05, 3.63) is 21.6 Å². The van der Waals surface area contributed by atoms with E-state index < -0.39 is 0 Å². The molecule has 3 N–H and O–H groups in total. The average Bonchev–Trinajstić information content (AvgIpc) is 2.94. The highest BCUT2D eigenvalue weighted by atomic mass is 32.1. The molecule has 2 aromatic rings. The fraction of sp³-hybridized carbons (Fsp3) is 0.364. The molecular weight excluding hydrogens is 282 g/mol. The van der Waals surface area contributed by atoms with E-state index in [-0.39, 0.29) is 11.7 Å². The first-order valence-corrected chi connectivity index (χ1v) is 7.27. The summed E-state index contributed by atoms with van der Waals surface area (Å²) in [5.74, 6) is 0.0446. The highest BCUT2D eigenvalue weighted by molar-refractivity contribution is 7.11. The third-order valence-corrected chi connectivity index (χ3v) is 4.37. The minimum absolute atomic E-state index is 0.220. The third kappa shape index (κ3) is 2.85. The maximum absolute atomic E-state index is 11.8. The molecule has 1 amide bonds. The Morgan fingerprint density at radius 3 is 2.89 bits per heavy atom. The summed E-state index contributed by atoms with van der Waals surface area (Å²) in [5.41, 5.74) is 7.16. The van der Waals surface area contributed by atoms with Gasteiger partial charge in [0.1, 0.15) is 10.6 Å². The Morgan fingerprint density at radius 2 is 2.32 bits per heavy atom. The standard InChI is InChI=1S/C11H15N5OS2/c1-6-14-7(5-18-6)4-16(3)11-8(10(17)13-2)9(12)15-19-11/h5H,4H2,1-3H3,(H2,12,15)(H,13,17). The molecule has 0 spiro atoms. The van der Waals surface area contributed by atoms with Crippen LogP contribution in [0.3, 0.4) is 0 Å². The molecule has 0 aromatic carbocycles. The Kier molecular flexibility index (Phi) is 4.01. The highest BCUT2D eigenvalue weighted by Gasteiger charge is 2.21. The van der Waals surface area contributed by atoms with Crippen molar-refractivity contribution in [2.24, 2.45) is 0 Å². The number of aryl methyl sites for hydroxylation is 1. The van der Waals surface area contributed by atoms with Crippen LogP contribution in [0.4, 0.5) is 10.8 Å². The first kappa shape index (κ1) is 13.8. The normalized spacial score (nSPS) is 10.5. The second-order valence-corrected chi connectivity index (χ2v) is 5.86. The maximum Gasteiger partial charge on any atom is 0.257 e. The molecule has 0 aliphatic carbocycles. The molecule has 6 nitrogen and oxygen atoms in total. The molecule has 0 aliphatic rings. The van der Waals surface area contributed by atoms with E-state index in [0.717, 1.165) is 15.7 Å². The van der Waals surface area contributed by atoms with E-state index in [4.69, 9.17) is 5.73 Å². The van der Waals surface area contributed by atoms with E-state index in [2.05, 4.69) is 14.7 Å². The van der Waals surface area contributed by atoms with Gasteiger partial charge in [-0.05, 0) is 18.5 Å². The molecule has 0 fully saturated rings. The molecule has 0 saturated carbocycles. The number of thiazole rings is 1. The number of nitrogens with two attached hydrogens (primary N) is 1. The van der Waals surface area contributed by atoms with Gasteiger partial charge in [0.25, 0.3) is 5.91 Å². The summed E-state index contributed by atoms with van der Waals surface area (Å²) in [6.45, 7) is 2.59. The Morgan fingerprint density at radius 1 is 1.58 bits per heavy atom. The number of hydrogen-bond acceptors (Lipinski definition) is 7. The van der Waals surface area contributed by atoms with Gasteiger partial charge in [-0.15, -0.1) is 11.3 Å². The molecule has 2 heterocycles. The summed E-state index contributed by atoms with van der Waals surface area (Å²) in [7, 11) is 3.47. The Balaban J connectivity index is 2.24. The zero-order valence-corrected chi connectivity index (χ0v) is 12.6. The molecule has 0 saturated heterocycles. The van der Waals surface area contributed by atoms with Crippen LogP contribution in [-0.4, -0.2) is 29.4 Å². The SMILES string of the molecule is CNC(=O)c1c(N)nsc1N(C)Cc1csc(C)n1. The molecule has 0 aliphatic heterocycles. The zero-order chi connectivity index (χ0) is 14.0. The van der Waals surface area contributed by atoms with Crippen LogP contribution >= 0.6 is 22.9 Å². The first-order valence-electron chi connectivity index (χ1n) is 5.62. The van der Waals surface area contributed by atoms with Gasteiger partial charge in [-0.3, -0.25) is 4.79 Å². The van der Waals surface area contributed by atoms with Crippen LogP contribution in [0, 0.1) is 6.92 Å². The van der Waals surface area contributed by atoms with E-state index in [0.29, 0.717) is 12.1 Å². The van der Waals surface area contributed by atoms with Gasteiger partial charge in [0.2, 0.25) is 0 Å². The first-order chi connectivity index (χ1) is 9.02. The average molecular weight is 297 g/mol. The molecule has 102 valence electrons. The molecule has 0 atom stereocenters. The monoisotopic (exact) mass is 297 g/mol. The Bertz CT molecular complexity index is 592. The van der Waals surface area contributed by atoms with Crippen LogP contribution in [0.25, 0.3) is 0 Å². The number of aromatic nitrogens is 2. The van der Waals surface area contributed by atoms with E-state index in [1.807, 2.05) is 24.3 Å². The minimum atomic E-state index is -0.220. The zero-order valence-electron chi connectivity index (χ0n) is 10.9. The van der Waals surface area contributed by atoms with Crippen molar-refractivity contribution in [1.29, 1.82) is 0 Å². The van der Waals surface area contributed by atoms with Crippen molar-refractivity contribution in [3.63, 3.8) is 0 Å². The number of carbonyl (C=O) groups excluding carboxylic acids is 1. The number of hydrogen-bond donors (Lipinski definition) is 2. The van der Waals surface area contributed by atoms with Crippen LogP contribution in [0.2, 0.25) is 0 Å². The fourth-order valence-corrected chi connectivity index (χ4v) is 3.06. The maximum atomic E-state index is 11.8. The van der Waals surface area contributed by atoms with Gasteiger partial charge in [0.15, 0.2) is 5.82 Å². The molecule has 19 heavy (non-hydrogen) atoms. The van der Waals surface area contributed by atoms with Crippen molar-refractivity contribution in [3.8, 4) is 0 Å². The van der Waals surface area contributed by atoms with Gasteiger partial charge in [-0.1, -0.05) is 0 Å². The van der Waals surface area contributed by atoms with E-state index in [1.165, 1.54) is 11.5 Å². The van der Waals surface area contributed by atoms with Crippen LogP contribution in [0.1, 0.15) is 21.1 Å². The predicted molar refractivity (Wildman–Crippen MR) is 78.9 cm³/mol. The van der Waals surface area contributed by atoms with Crippen LogP contribution in [0.15, 0.2) is 5.38 Å². The lowest BCUT2D eigenvalue weighted by molar-refractivity contribution is 0.0964. The van der Waals surface area contributed by atoms with Crippen molar-refractivity contribution >= 4 is 39.6 Å². The lowest BCUT2D eigenvalue weighted by Crippen LogP contribution is -2.23. The number of carbonyl (C=O) groups is 1. The van der Waals surface area contributed by atoms with E-state index in [1.54, 1.807) is 18.4 Å². The topological polar surface area (TPSA) is 84.1 Å². The van der Waals surface area contributed by atoms with Crippen molar-refractivity contribution in [2.75, 3.05) is 24.7 Å². The largest absolute Gasteiger partial charge is 0.382 e. The summed E-state index contributed by atoms with van der Waals surface area (Å²) >= 11 is 2.83. The molecule has 0 unspecified atom stereocenters. The van der Waals surface area contributed by atoms with Gasteiger partial charge in [0, 0.05) is 19.5 Å². The van der Waals surface area contributed by atoms with E-state index in [9.17, 15) is 4.79 Å². The quantitative estimate of drug-likeness (QED) is 0.893. The molecule has 0 radical (unpaired) electrons. The van der Waals surface area contributed by atoms with Crippen molar-refractivity contribution in [1.82, 2.24) is 14.7 Å². The van der Waals surface area contributed by atoms with Crippen LogP contribution in [0.5, 0.6) is 0 Å². The highest BCUT2D eigenvalue weighted by Crippen LogP contribution is 2.30. The number of amides is 1. The third-order valence-electron chi connectivity index (χ3n) is 2.57. The second kappa shape index (κ2) is 5.54. The lowest BCUT2D eigenvalue weighted by Gasteiger charge is -2.16. The fourth-order valence-electron chi connectivity index (χ4n) is 1.69. The Labute approximate surface area is 119 Å². The minimum Gasteiger partial charge on any atom is -0.382 e. The number of nitrogens with zero attached hydrogens (tertiary/aromatic N) is 3. The molecule has 8 heteroatoms. The van der Waals surface area contributed by atoms with Gasteiger partial charge in [-0.25, -0.2) is 4.98 Å². The second-order valence-electron chi connectivity index (χ2n) is 4.04. The van der Waals surface area contributed by atoms with Gasteiger partial charge in [0.05, 0.1) is 17.2 Å². The summed E-state index contributed by atoms with van der Waals surface area (Å²) in [5, 5.41) is 6.37. The number of anilines is 2. The van der Waals surface area contributed by atoms with Gasteiger partial charge >= 0.3 is 0 Å². The van der Waals surface area contributed by atoms with E-state index >= 15 is 0 Å². The van der Waals surface area contributed by atoms with Crippen LogP contribution in [-0.2, 0) is 6.54 Å². The summed E-state index contributed by atoms with van der Waals surface area (Å²) < 4.78 is 4.05. The summed E-state index contributed by atoms with van der Waals surface area (Å²) in [4.78, 5) is 18.2. The van der Waals surface area contributed by atoms with Crippen molar-refractivity contribution < 1.29 is 4.79 Å².